The van der Waals surface area contributed by atoms with Crippen LogP contribution in [0.15, 0.2) is 42.5 Å². The Morgan fingerprint density at radius 3 is 2.96 bits per heavy atom. The van der Waals surface area contributed by atoms with Gasteiger partial charge in [-0.1, -0.05) is 12.1 Å². The molecular formula is C18H22N3O2+. The normalized spacial score (nSPS) is 13.5. The number of carbonyl (C=O) groups is 1. The van der Waals surface area contributed by atoms with Crippen molar-refractivity contribution in [1.82, 2.24) is 0 Å². The van der Waals surface area contributed by atoms with Gasteiger partial charge in [0.15, 0.2) is 0 Å². The van der Waals surface area contributed by atoms with Crippen molar-refractivity contribution in [3.63, 3.8) is 0 Å². The lowest BCUT2D eigenvalue weighted by molar-refractivity contribution is -0.570. The Labute approximate surface area is 136 Å². The van der Waals surface area contributed by atoms with Crippen LogP contribution >= 0.6 is 0 Å². The van der Waals surface area contributed by atoms with Gasteiger partial charge in [0.25, 0.3) is 0 Å². The predicted octanol–water partition coefficient (Wildman–Crippen LogP) is 1.92. The lowest BCUT2D eigenvalue weighted by Gasteiger charge is -2.31. The van der Waals surface area contributed by atoms with Gasteiger partial charge in [-0.3, -0.25) is 5.32 Å². The quantitative estimate of drug-likeness (QED) is 0.906. The molecule has 120 valence electrons. The number of ether oxygens (including phenoxy) is 1. The Balaban J connectivity index is 1.88. The van der Waals surface area contributed by atoms with Crippen molar-refractivity contribution < 1.29 is 14.8 Å². The summed E-state index contributed by atoms with van der Waals surface area (Å²) in [6.45, 7) is 1.58. The molecular weight excluding hydrogens is 290 g/mol. The molecule has 2 amide bonds. The van der Waals surface area contributed by atoms with Crippen LogP contribution in [-0.4, -0.2) is 19.7 Å². The van der Waals surface area contributed by atoms with Gasteiger partial charge in [0.2, 0.25) is 0 Å². The van der Waals surface area contributed by atoms with Crippen LogP contribution in [0.5, 0.6) is 5.75 Å². The van der Waals surface area contributed by atoms with Crippen molar-refractivity contribution in [3.05, 3.63) is 53.6 Å². The van der Waals surface area contributed by atoms with Crippen LogP contribution in [0.1, 0.15) is 17.5 Å². The molecule has 1 aliphatic heterocycles. The maximum absolute atomic E-state index is 10.9. The van der Waals surface area contributed by atoms with Gasteiger partial charge in [0.05, 0.1) is 7.11 Å². The minimum absolute atomic E-state index is 0.374. The second-order valence-corrected chi connectivity index (χ2v) is 5.73. The smallest absolute Gasteiger partial charge is 0.410 e. The van der Waals surface area contributed by atoms with E-state index in [9.17, 15) is 4.79 Å². The maximum Gasteiger partial charge on any atom is 0.410 e. The predicted molar refractivity (Wildman–Crippen MR) is 90.0 cm³/mol. The van der Waals surface area contributed by atoms with Gasteiger partial charge in [0, 0.05) is 29.5 Å². The molecule has 2 aromatic carbocycles. The molecule has 0 spiro atoms. The number of fused-ring (bicyclic) bond motifs is 1. The molecule has 1 aliphatic rings. The highest BCUT2D eigenvalue weighted by atomic mass is 16.5. The van der Waals surface area contributed by atoms with Crippen LogP contribution in [0, 0.1) is 0 Å². The van der Waals surface area contributed by atoms with E-state index in [0.29, 0.717) is 6.54 Å². The van der Waals surface area contributed by atoms with E-state index in [4.69, 9.17) is 10.5 Å². The second kappa shape index (κ2) is 6.71. The summed E-state index contributed by atoms with van der Waals surface area (Å²) < 4.78 is 5.33. The molecule has 1 heterocycles. The van der Waals surface area contributed by atoms with Crippen LogP contribution < -0.4 is 20.7 Å². The van der Waals surface area contributed by atoms with Gasteiger partial charge in [0.1, 0.15) is 12.3 Å². The number of nitrogens with two attached hydrogens (primary N) is 2. The lowest BCUT2D eigenvalue weighted by atomic mass is 9.98. The Bertz CT molecular complexity index is 715. The summed E-state index contributed by atoms with van der Waals surface area (Å²) in [6, 6.07) is 14.1. The molecule has 0 aromatic heterocycles. The molecule has 3 rings (SSSR count). The zero-order valence-electron chi connectivity index (χ0n) is 13.3. The number of amides is 2. The number of aryl methyl sites for hydroxylation is 1. The van der Waals surface area contributed by atoms with E-state index >= 15 is 0 Å². The highest BCUT2D eigenvalue weighted by Crippen LogP contribution is 2.35. The number of rotatable bonds is 4. The molecule has 0 atom stereocenters. The summed E-state index contributed by atoms with van der Waals surface area (Å²) in [4.78, 5) is 13.2. The van der Waals surface area contributed by atoms with Crippen LogP contribution in [-0.2, 0) is 13.0 Å². The summed E-state index contributed by atoms with van der Waals surface area (Å²) in [5.41, 5.74) is 9.99. The molecule has 0 aliphatic carbocycles. The fourth-order valence-electron chi connectivity index (χ4n) is 3.04. The number of primary amides is 2. The van der Waals surface area contributed by atoms with Crippen LogP contribution in [0.3, 0.4) is 0 Å². The van der Waals surface area contributed by atoms with Crippen LogP contribution in [0.25, 0.3) is 0 Å². The standard InChI is InChI=1S/C18H21N3O2/c1-23-16-6-2-5-15(11-16)21-9-3-4-14-10-13(7-8-17(14)21)12-20-18(19)22/h2,5-8,10-11H,3-4,9,12H2,1H3,(H3,19,20,22)/p+1. The third-order valence-corrected chi connectivity index (χ3v) is 4.17. The molecule has 5 nitrogen and oxygen atoms in total. The molecule has 0 saturated carbocycles. The van der Waals surface area contributed by atoms with E-state index in [-0.39, 0.29) is 6.03 Å². The SMILES string of the molecule is COc1cccc(N2CCCc3cc(C[NH2+]C(N)=O)ccc32)c1. The Morgan fingerprint density at radius 2 is 2.17 bits per heavy atom. The Kier molecular flexibility index (Phi) is 4.48. The molecule has 0 saturated heterocycles. The average Bonchev–Trinajstić information content (AvgIpc) is 2.59. The van der Waals surface area contributed by atoms with E-state index in [2.05, 4.69) is 35.2 Å². The fourth-order valence-corrected chi connectivity index (χ4v) is 3.04. The molecule has 0 bridgehead atoms. The van der Waals surface area contributed by atoms with E-state index in [0.717, 1.165) is 36.4 Å². The Morgan fingerprint density at radius 1 is 1.30 bits per heavy atom. The summed E-state index contributed by atoms with van der Waals surface area (Å²) in [7, 11) is 1.69. The number of quaternary nitrogens is 1. The van der Waals surface area contributed by atoms with Crippen LogP contribution in [0.4, 0.5) is 16.2 Å². The summed E-state index contributed by atoms with van der Waals surface area (Å²) in [5, 5.41) is 1.52. The van der Waals surface area contributed by atoms with E-state index in [1.54, 1.807) is 7.11 Å². The number of anilines is 2. The first-order chi connectivity index (χ1) is 11.2. The largest absolute Gasteiger partial charge is 0.497 e. The molecule has 23 heavy (non-hydrogen) atoms. The number of nitrogens with zero attached hydrogens (tertiary/aromatic N) is 1. The van der Waals surface area contributed by atoms with E-state index in [1.807, 2.05) is 12.1 Å². The molecule has 0 unspecified atom stereocenters. The number of carbonyl (C=O) groups excluding carboxylic acids is 1. The van der Waals surface area contributed by atoms with Gasteiger partial charge in [-0.05, 0) is 42.7 Å². The van der Waals surface area contributed by atoms with Gasteiger partial charge in [-0.2, -0.15) is 0 Å². The monoisotopic (exact) mass is 312 g/mol. The summed E-state index contributed by atoms with van der Waals surface area (Å²) in [6.07, 6.45) is 2.16. The average molecular weight is 312 g/mol. The molecule has 2 aromatic rings. The molecule has 0 fully saturated rings. The molecule has 4 N–H and O–H groups in total. The number of benzene rings is 2. The van der Waals surface area contributed by atoms with Gasteiger partial charge >= 0.3 is 6.03 Å². The zero-order chi connectivity index (χ0) is 16.2. The number of hydrogen-bond acceptors (Lipinski definition) is 3. The maximum atomic E-state index is 10.9. The number of hydrogen-bond donors (Lipinski definition) is 2. The summed E-state index contributed by atoms with van der Waals surface area (Å²) >= 11 is 0. The Hall–Kier alpha value is -2.53. The van der Waals surface area contributed by atoms with Gasteiger partial charge < -0.3 is 15.4 Å². The van der Waals surface area contributed by atoms with Crippen molar-refractivity contribution in [2.24, 2.45) is 5.73 Å². The first-order valence-electron chi connectivity index (χ1n) is 7.83. The second-order valence-electron chi connectivity index (χ2n) is 5.73. The zero-order valence-corrected chi connectivity index (χ0v) is 13.3. The van der Waals surface area contributed by atoms with Crippen LogP contribution in [0.2, 0.25) is 0 Å². The van der Waals surface area contributed by atoms with Gasteiger partial charge in [-0.15, -0.1) is 0 Å². The van der Waals surface area contributed by atoms with Crippen molar-refractivity contribution >= 4 is 17.4 Å². The number of methoxy groups -OCH3 is 1. The first kappa shape index (κ1) is 15.4. The number of urea groups is 1. The minimum atomic E-state index is -0.374. The fraction of sp³-hybridized carbons (Fsp3) is 0.278. The van der Waals surface area contributed by atoms with Crippen molar-refractivity contribution in [2.75, 3.05) is 18.6 Å². The third-order valence-electron chi connectivity index (χ3n) is 4.17. The molecule has 5 heteroatoms. The first-order valence-corrected chi connectivity index (χ1v) is 7.83. The third kappa shape index (κ3) is 3.46. The van der Waals surface area contributed by atoms with Gasteiger partial charge in [-0.25, -0.2) is 4.79 Å². The topological polar surface area (TPSA) is 72.2 Å². The van der Waals surface area contributed by atoms with Crippen molar-refractivity contribution in [1.29, 1.82) is 0 Å². The molecule has 0 radical (unpaired) electrons. The van der Waals surface area contributed by atoms with Crippen molar-refractivity contribution in [3.8, 4) is 5.75 Å². The summed E-state index contributed by atoms with van der Waals surface area (Å²) in [5.74, 6) is 0.863. The minimum Gasteiger partial charge on any atom is -0.497 e. The van der Waals surface area contributed by atoms with E-state index < -0.39 is 0 Å². The highest BCUT2D eigenvalue weighted by Gasteiger charge is 2.19. The highest BCUT2D eigenvalue weighted by molar-refractivity contribution is 5.69. The van der Waals surface area contributed by atoms with Crippen molar-refractivity contribution in [2.45, 2.75) is 19.4 Å². The van der Waals surface area contributed by atoms with E-state index in [1.165, 1.54) is 16.6 Å². The lowest BCUT2D eigenvalue weighted by Crippen LogP contribution is -2.88.